The van der Waals surface area contributed by atoms with Crippen molar-refractivity contribution in [3.8, 4) is 23.0 Å². The fraction of sp³-hybridized carbons (Fsp3) is 0.212. The van der Waals surface area contributed by atoms with Gasteiger partial charge in [0, 0.05) is 25.7 Å². The number of nitrogens with one attached hydrogen (secondary N) is 1. The normalized spacial score (nSPS) is 12.7. The van der Waals surface area contributed by atoms with E-state index in [2.05, 4.69) is 0 Å². The van der Waals surface area contributed by atoms with Gasteiger partial charge in [-0.3, -0.25) is 10.1 Å². The predicted molar refractivity (Wildman–Crippen MR) is 152 cm³/mol. The van der Waals surface area contributed by atoms with E-state index in [4.69, 9.17) is 14.2 Å². The molecule has 7 nitrogen and oxygen atoms in total. The second kappa shape index (κ2) is 12.1. The smallest absolute Gasteiger partial charge is 0.471 e. The van der Waals surface area contributed by atoms with Crippen molar-refractivity contribution >= 4 is 12.0 Å². The first-order valence-electron chi connectivity index (χ1n) is 13.4. The van der Waals surface area contributed by atoms with Gasteiger partial charge in [-0.1, -0.05) is 72.8 Å². The number of carbonyl (C=O) groups is 2. The van der Waals surface area contributed by atoms with Gasteiger partial charge in [0.1, 0.15) is 23.0 Å². The predicted octanol–water partition coefficient (Wildman–Crippen LogP) is 6.26. The highest BCUT2D eigenvalue weighted by molar-refractivity contribution is 5.95. The van der Waals surface area contributed by atoms with E-state index < -0.39 is 18.2 Å². The van der Waals surface area contributed by atoms with Crippen molar-refractivity contribution in [2.45, 2.75) is 31.9 Å². The Balaban J connectivity index is 1.68. The molecule has 0 spiro atoms. The zero-order valence-electron chi connectivity index (χ0n) is 23.4. The van der Waals surface area contributed by atoms with Crippen LogP contribution in [0.25, 0.3) is 0 Å². The lowest BCUT2D eigenvalue weighted by molar-refractivity contribution is -0.172. The summed E-state index contributed by atoms with van der Waals surface area (Å²) in [5, 5.41) is 12.5. The van der Waals surface area contributed by atoms with Crippen molar-refractivity contribution in [2.24, 2.45) is 0 Å². The van der Waals surface area contributed by atoms with E-state index >= 15 is 0 Å². The first-order chi connectivity index (χ1) is 20.6. The largest absolute Gasteiger partial charge is 0.507 e. The molecule has 222 valence electrons. The highest BCUT2D eigenvalue weighted by Crippen LogP contribution is 2.38. The molecule has 2 amide bonds. The maximum absolute atomic E-state index is 12.9. The molecule has 8 bridgehead atoms. The average molecular weight is 592 g/mol. The van der Waals surface area contributed by atoms with Gasteiger partial charge in [0.05, 0.1) is 14.2 Å². The molecule has 43 heavy (non-hydrogen) atoms. The second-order valence-electron chi connectivity index (χ2n) is 10.1. The van der Waals surface area contributed by atoms with Crippen LogP contribution in [0.3, 0.4) is 0 Å². The second-order valence-corrected chi connectivity index (χ2v) is 10.1. The molecule has 0 fully saturated rings. The zero-order chi connectivity index (χ0) is 30.7. The summed E-state index contributed by atoms with van der Waals surface area (Å²) in [6.07, 6.45) is -5.73. The van der Waals surface area contributed by atoms with Crippen molar-refractivity contribution in [3.05, 3.63) is 117 Å². The summed E-state index contributed by atoms with van der Waals surface area (Å²) < 4.78 is 55.6. The van der Waals surface area contributed by atoms with E-state index in [9.17, 15) is 27.9 Å². The Kier molecular flexibility index (Phi) is 8.29. The Morgan fingerprint density at radius 3 is 1.30 bits per heavy atom. The lowest BCUT2D eigenvalue weighted by Crippen LogP contribution is -2.42. The summed E-state index contributed by atoms with van der Waals surface area (Å²) in [5.74, 6) is -1.13. The van der Waals surface area contributed by atoms with E-state index in [1.54, 1.807) is 18.2 Å². The Hall–Kier alpha value is -4.99. The number of ether oxygens (including phenoxy) is 3. The molecule has 0 atom stereocenters. The fourth-order valence-corrected chi connectivity index (χ4v) is 5.44. The molecule has 5 rings (SSSR count). The lowest BCUT2D eigenvalue weighted by Gasteiger charge is -2.20. The third-order valence-corrected chi connectivity index (χ3v) is 7.34. The van der Waals surface area contributed by atoms with Gasteiger partial charge < -0.3 is 19.3 Å². The molecule has 0 aromatic heterocycles. The van der Waals surface area contributed by atoms with Crippen LogP contribution in [0.1, 0.15) is 44.5 Å². The lowest BCUT2D eigenvalue weighted by atomic mass is 9.91. The fourth-order valence-electron chi connectivity index (χ4n) is 5.44. The zero-order valence-corrected chi connectivity index (χ0v) is 23.4. The van der Waals surface area contributed by atoms with Gasteiger partial charge in [0.2, 0.25) is 0 Å². The third kappa shape index (κ3) is 6.28. The first-order valence-corrected chi connectivity index (χ1v) is 13.4. The van der Waals surface area contributed by atoms with Crippen LogP contribution in [0, 0.1) is 0 Å². The maximum Gasteiger partial charge on any atom is 0.471 e. The first kappa shape index (κ1) is 29.5. The summed E-state index contributed by atoms with van der Waals surface area (Å²) in [6, 6.07) is 21.8. The van der Waals surface area contributed by atoms with Gasteiger partial charge in [-0.05, 0) is 44.5 Å². The van der Waals surface area contributed by atoms with Crippen LogP contribution in [-0.2, 0) is 30.5 Å². The highest BCUT2D eigenvalue weighted by atomic mass is 19.4. The Bertz CT molecular complexity index is 1600. The van der Waals surface area contributed by atoms with Crippen LogP contribution in [0.2, 0.25) is 0 Å². The Labute approximate surface area is 245 Å². The van der Waals surface area contributed by atoms with Crippen LogP contribution < -0.4 is 19.5 Å². The molecular formula is C33H28F3NO6. The molecule has 0 saturated carbocycles. The number of para-hydroxylation sites is 4. The number of rotatable bonds is 3. The van der Waals surface area contributed by atoms with E-state index in [0.717, 1.165) is 22.3 Å². The number of phenols is 1. The Morgan fingerprint density at radius 1 is 0.628 bits per heavy atom. The molecule has 1 aliphatic rings. The minimum Gasteiger partial charge on any atom is -0.507 e. The number of methoxy groups -OCH3 is 2. The number of imide groups is 1. The quantitative estimate of drug-likeness (QED) is 0.257. The number of fused-ring (bicyclic) bond motifs is 8. The van der Waals surface area contributed by atoms with Gasteiger partial charge in [-0.15, -0.1) is 0 Å². The maximum atomic E-state index is 12.9. The summed E-state index contributed by atoms with van der Waals surface area (Å²) in [7, 11) is 3.06. The topological polar surface area (TPSA) is 94.1 Å². The molecule has 10 heteroatoms. The third-order valence-electron chi connectivity index (χ3n) is 7.34. The van der Waals surface area contributed by atoms with E-state index in [-0.39, 0.29) is 24.3 Å². The van der Waals surface area contributed by atoms with Crippen LogP contribution in [0.15, 0.2) is 72.8 Å². The molecule has 0 saturated heterocycles. The highest BCUT2D eigenvalue weighted by Gasteiger charge is 2.40. The van der Waals surface area contributed by atoms with Gasteiger partial charge >= 0.3 is 18.2 Å². The molecule has 0 heterocycles. The van der Waals surface area contributed by atoms with Crippen LogP contribution in [-0.4, -0.2) is 37.5 Å². The molecule has 1 aliphatic carbocycles. The van der Waals surface area contributed by atoms with Gasteiger partial charge in [0.15, 0.2) is 0 Å². The monoisotopic (exact) mass is 591 g/mol. The average Bonchev–Trinajstić information content (AvgIpc) is 2.96. The van der Waals surface area contributed by atoms with Crippen molar-refractivity contribution in [3.63, 3.8) is 0 Å². The minimum absolute atomic E-state index is 0.0184. The Morgan fingerprint density at radius 2 is 0.953 bits per heavy atom. The SMILES string of the molecule is COc1c2cccc1Cc1cccc(c1OC(=O)NC(=O)C(F)(F)F)Cc1cccc(c1OC)Cc1cccc(c1O)C2. The molecule has 4 aromatic carbocycles. The van der Waals surface area contributed by atoms with Crippen molar-refractivity contribution < 1.29 is 42.1 Å². The van der Waals surface area contributed by atoms with Crippen LogP contribution in [0.4, 0.5) is 18.0 Å². The van der Waals surface area contributed by atoms with Crippen LogP contribution >= 0.6 is 0 Å². The number of halogens is 3. The number of amides is 2. The summed E-state index contributed by atoms with van der Waals surface area (Å²) >= 11 is 0. The van der Waals surface area contributed by atoms with E-state index in [1.165, 1.54) is 19.5 Å². The number of phenolic OH excluding ortho intramolecular Hbond substituents is 1. The number of benzene rings is 4. The van der Waals surface area contributed by atoms with Crippen molar-refractivity contribution in [1.29, 1.82) is 0 Å². The van der Waals surface area contributed by atoms with E-state index in [0.29, 0.717) is 46.6 Å². The number of aromatic hydroxyl groups is 1. The standard InChI is InChI=1S/C33H28F3NO6/c1-41-28-21-9-4-11-23(28)17-25-13-6-14-26(30(25)43-32(40)37-31(39)33(34,35)36)18-24-12-5-10-22(29(24)42-2)16-20-8-3-7-19(15-21)27(20)38/h3-14,38H,15-18H2,1-2H3,(H,37,39,40). The van der Waals surface area contributed by atoms with Crippen molar-refractivity contribution in [2.75, 3.05) is 14.2 Å². The van der Waals surface area contributed by atoms with Gasteiger partial charge in [-0.25, -0.2) is 4.79 Å². The summed E-state index contributed by atoms with van der Waals surface area (Å²) in [6.45, 7) is 0. The molecule has 0 unspecified atom stereocenters. The van der Waals surface area contributed by atoms with Crippen molar-refractivity contribution in [1.82, 2.24) is 5.32 Å². The summed E-state index contributed by atoms with van der Waals surface area (Å²) in [4.78, 5) is 24.0. The number of hydrogen-bond acceptors (Lipinski definition) is 6. The number of alkyl halides is 3. The van der Waals surface area contributed by atoms with Gasteiger partial charge in [-0.2, -0.15) is 13.2 Å². The summed E-state index contributed by atoms with van der Waals surface area (Å²) in [5.41, 5.74) is 5.40. The molecular weight excluding hydrogens is 563 g/mol. The van der Waals surface area contributed by atoms with Gasteiger partial charge in [0.25, 0.3) is 0 Å². The minimum atomic E-state index is -5.26. The molecule has 4 aromatic rings. The number of hydrogen-bond donors (Lipinski definition) is 2. The molecule has 0 radical (unpaired) electrons. The number of carbonyl (C=O) groups excluding carboxylic acids is 2. The molecule has 2 N–H and O–H groups in total. The van der Waals surface area contributed by atoms with E-state index in [1.807, 2.05) is 54.6 Å². The van der Waals surface area contributed by atoms with Crippen LogP contribution in [0.5, 0.6) is 23.0 Å². The molecule has 0 aliphatic heterocycles.